The molecular formula is C11H10BrNO2. The van der Waals surface area contributed by atoms with Crippen molar-refractivity contribution in [1.82, 2.24) is 0 Å². The molecule has 0 aliphatic heterocycles. The summed E-state index contributed by atoms with van der Waals surface area (Å²) in [6.45, 7) is 1.88. The first-order valence-corrected chi connectivity index (χ1v) is 5.61. The molecule has 4 heteroatoms. The fourth-order valence-electron chi connectivity index (χ4n) is 1.55. The van der Waals surface area contributed by atoms with Gasteiger partial charge >= 0.3 is 5.97 Å². The molecule has 1 rings (SSSR count). The lowest BCUT2D eigenvalue weighted by Gasteiger charge is -2.10. The van der Waals surface area contributed by atoms with E-state index < -0.39 is 5.97 Å². The molecule has 0 saturated heterocycles. The number of rotatable bonds is 3. The molecule has 78 valence electrons. The minimum atomic E-state index is -0.946. The summed E-state index contributed by atoms with van der Waals surface area (Å²) in [4.78, 5) is 11.0. The van der Waals surface area contributed by atoms with Crippen molar-refractivity contribution in [3.05, 3.63) is 34.4 Å². The molecule has 0 amide bonds. The Hall–Kier alpha value is -1.34. The number of halogens is 1. The van der Waals surface area contributed by atoms with E-state index in [4.69, 9.17) is 10.4 Å². The van der Waals surface area contributed by atoms with Crippen molar-refractivity contribution in [2.75, 3.05) is 0 Å². The van der Waals surface area contributed by atoms with Crippen LogP contribution in [-0.4, -0.2) is 11.1 Å². The third-order valence-electron chi connectivity index (χ3n) is 2.27. The van der Waals surface area contributed by atoms with Crippen LogP contribution >= 0.6 is 15.9 Å². The summed E-state index contributed by atoms with van der Waals surface area (Å²) < 4.78 is 0. The number of aromatic carboxylic acids is 1. The number of carboxylic acids is 1. The Morgan fingerprint density at radius 3 is 2.60 bits per heavy atom. The summed E-state index contributed by atoms with van der Waals surface area (Å²) in [5.41, 5.74) is 2.33. The van der Waals surface area contributed by atoms with Crippen LogP contribution in [0.5, 0.6) is 0 Å². The molecule has 0 saturated carbocycles. The molecule has 0 radical (unpaired) electrons. The Bertz CT molecular complexity index is 435. The summed E-state index contributed by atoms with van der Waals surface area (Å²) >= 11 is 3.28. The number of hydrogen-bond donors (Lipinski definition) is 1. The molecule has 0 bridgehead atoms. The van der Waals surface area contributed by atoms with Crippen molar-refractivity contribution in [3.63, 3.8) is 0 Å². The second-order valence-electron chi connectivity index (χ2n) is 3.02. The van der Waals surface area contributed by atoms with Crippen LogP contribution in [0.3, 0.4) is 0 Å². The molecule has 0 atom stereocenters. The second-order valence-corrected chi connectivity index (χ2v) is 3.58. The van der Waals surface area contributed by atoms with Gasteiger partial charge in [-0.15, -0.1) is 0 Å². The average Bonchev–Trinajstić information content (AvgIpc) is 2.26. The van der Waals surface area contributed by atoms with Gasteiger partial charge in [0.15, 0.2) is 0 Å². The molecule has 15 heavy (non-hydrogen) atoms. The SMILES string of the molecule is CCc1c(C(=O)O)ccc(C#N)c1CBr. The van der Waals surface area contributed by atoms with Crippen LogP contribution in [0.1, 0.15) is 34.0 Å². The van der Waals surface area contributed by atoms with E-state index >= 15 is 0 Å². The molecule has 1 N–H and O–H groups in total. The van der Waals surface area contributed by atoms with Crippen LogP contribution in [-0.2, 0) is 11.8 Å². The molecule has 0 spiro atoms. The highest BCUT2D eigenvalue weighted by molar-refractivity contribution is 9.08. The number of hydrogen-bond acceptors (Lipinski definition) is 2. The third kappa shape index (κ3) is 2.18. The minimum absolute atomic E-state index is 0.283. The van der Waals surface area contributed by atoms with Crippen LogP contribution in [0.4, 0.5) is 0 Å². The van der Waals surface area contributed by atoms with Gasteiger partial charge in [-0.1, -0.05) is 22.9 Å². The van der Waals surface area contributed by atoms with E-state index in [0.29, 0.717) is 17.3 Å². The average molecular weight is 268 g/mol. The number of alkyl halides is 1. The van der Waals surface area contributed by atoms with E-state index in [1.165, 1.54) is 6.07 Å². The van der Waals surface area contributed by atoms with Crippen LogP contribution < -0.4 is 0 Å². The Labute approximate surface area is 96.5 Å². The van der Waals surface area contributed by atoms with Crippen molar-refractivity contribution in [2.24, 2.45) is 0 Å². The van der Waals surface area contributed by atoms with Crippen molar-refractivity contribution in [1.29, 1.82) is 5.26 Å². The van der Waals surface area contributed by atoms with E-state index in [1.807, 2.05) is 6.92 Å². The number of nitrogens with zero attached hydrogens (tertiary/aromatic N) is 1. The standard InChI is InChI=1S/C11H10BrNO2/c1-2-8-9(11(14)15)4-3-7(6-13)10(8)5-12/h3-4H,2,5H2,1H3,(H,14,15). The Kier molecular flexibility index (Phi) is 3.87. The summed E-state index contributed by atoms with van der Waals surface area (Å²) in [5.74, 6) is -0.946. The van der Waals surface area contributed by atoms with Gasteiger partial charge in [-0.05, 0) is 29.7 Å². The van der Waals surface area contributed by atoms with E-state index in [0.717, 1.165) is 11.1 Å². The van der Waals surface area contributed by atoms with Gasteiger partial charge in [-0.25, -0.2) is 4.79 Å². The zero-order valence-corrected chi connectivity index (χ0v) is 9.84. The summed E-state index contributed by atoms with van der Waals surface area (Å²) in [6, 6.07) is 5.11. The monoisotopic (exact) mass is 267 g/mol. The normalized spacial score (nSPS) is 9.67. The van der Waals surface area contributed by atoms with Crippen LogP contribution in [0.15, 0.2) is 12.1 Å². The minimum Gasteiger partial charge on any atom is -0.478 e. The number of carbonyl (C=O) groups is 1. The maximum absolute atomic E-state index is 11.0. The molecule has 3 nitrogen and oxygen atoms in total. The van der Waals surface area contributed by atoms with Gasteiger partial charge in [0.25, 0.3) is 0 Å². The summed E-state index contributed by atoms with van der Waals surface area (Å²) in [6.07, 6.45) is 0.609. The fraction of sp³-hybridized carbons (Fsp3) is 0.273. The summed E-state index contributed by atoms with van der Waals surface area (Å²) in [5, 5.41) is 18.4. The van der Waals surface area contributed by atoms with Gasteiger partial charge in [0.1, 0.15) is 0 Å². The number of benzene rings is 1. The van der Waals surface area contributed by atoms with Gasteiger partial charge in [-0.2, -0.15) is 5.26 Å². The number of carboxylic acid groups (broad SMARTS) is 1. The van der Waals surface area contributed by atoms with Crippen LogP contribution in [0.25, 0.3) is 0 Å². The van der Waals surface area contributed by atoms with Gasteiger partial charge in [-0.3, -0.25) is 0 Å². The lowest BCUT2D eigenvalue weighted by Crippen LogP contribution is -2.06. The topological polar surface area (TPSA) is 61.1 Å². The van der Waals surface area contributed by atoms with E-state index in [2.05, 4.69) is 22.0 Å². The summed E-state index contributed by atoms with van der Waals surface area (Å²) in [7, 11) is 0. The molecular weight excluding hydrogens is 258 g/mol. The maximum Gasteiger partial charge on any atom is 0.335 e. The Morgan fingerprint density at radius 2 is 2.20 bits per heavy atom. The van der Waals surface area contributed by atoms with Crippen LogP contribution in [0.2, 0.25) is 0 Å². The molecule has 0 aliphatic carbocycles. The Balaban J connectivity index is 3.49. The molecule has 0 heterocycles. The molecule has 1 aromatic rings. The highest BCUT2D eigenvalue weighted by Crippen LogP contribution is 2.22. The van der Waals surface area contributed by atoms with Gasteiger partial charge in [0.05, 0.1) is 17.2 Å². The zero-order chi connectivity index (χ0) is 11.4. The lowest BCUT2D eigenvalue weighted by atomic mass is 9.96. The largest absolute Gasteiger partial charge is 0.478 e. The highest BCUT2D eigenvalue weighted by atomic mass is 79.9. The first-order valence-electron chi connectivity index (χ1n) is 4.49. The smallest absolute Gasteiger partial charge is 0.335 e. The van der Waals surface area contributed by atoms with Crippen molar-refractivity contribution >= 4 is 21.9 Å². The molecule has 1 aromatic carbocycles. The van der Waals surface area contributed by atoms with Crippen molar-refractivity contribution in [3.8, 4) is 6.07 Å². The quantitative estimate of drug-likeness (QED) is 0.857. The predicted octanol–water partition coefficient (Wildman–Crippen LogP) is 2.71. The fourth-order valence-corrected chi connectivity index (χ4v) is 2.20. The third-order valence-corrected chi connectivity index (χ3v) is 2.83. The predicted molar refractivity (Wildman–Crippen MR) is 60.1 cm³/mol. The van der Waals surface area contributed by atoms with Crippen molar-refractivity contribution < 1.29 is 9.90 Å². The maximum atomic E-state index is 11.0. The van der Waals surface area contributed by atoms with Gasteiger partial charge in [0.2, 0.25) is 0 Å². The Morgan fingerprint density at radius 1 is 1.53 bits per heavy atom. The van der Waals surface area contributed by atoms with E-state index in [1.54, 1.807) is 6.07 Å². The van der Waals surface area contributed by atoms with Gasteiger partial charge < -0.3 is 5.11 Å². The van der Waals surface area contributed by atoms with Crippen molar-refractivity contribution in [2.45, 2.75) is 18.7 Å². The molecule has 0 aromatic heterocycles. The van der Waals surface area contributed by atoms with Gasteiger partial charge in [0, 0.05) is 5.33 Å². The number of nitriles is 1. The molecule has 0 aliphatic rings. The first kappa shape index (κ1) is 11.7. The van der Waals surface area contributed by atoms with E-state index in [-0.39, 0.29) is 5.56 Å². The zero-order valence-electron chi connectivity index (χ0n) is 8.25. The second kappa shape index (κ2) is 4.94. The molecule has 0 unspecified atom stereocenters. The first-order chi connectivity index (χ1) is 7.15. The lowest BCUT2D eigenvalue weighted by molar-refractivity contribution is 0.0695. The van der Waals surface area contributed by atoms with Crippen LogP contribution in [0, 0.1) is 11.3 Å². The highest BCUT2D eigenvalue weighted by Gasteiger charge is 2.15. The molecule has 0 fully saturated rings. The van der Waals surface area contributed by atoms with E-state index in [9.17, 15) is 4.79 Å².